The van der Waals surface area contributed by atoms with Crippen molar-refractivity contribution in [2.75, 3.05) is 19.7 Å². The summed E-state index contributed by atoms with van der Waals surface area (Å²) in [5.74, 6) is -0.614. The SMILES string of the molecule is O=C([O-])COc1ccc(C[NH+]2CCCCCC2)cc1. The molecule has 0 bridgehead atoms. The van der Waals surface area contributed by atoms with Crippen LogP contribution in [0.15, 0.2) is 24.3 Å². The molecule has 104 valence electrons. The minimum atomic E-state index is -1.20. The maximum Gasteiger partial charge on any atom is 0.128 e. The summed E-state index contributed by atoms with van der Waals surface area (Å²) < 4.78 is 5.06. The quantitative estimate of drug-likeness (QED) is 0.799. The number of nitrogens with one attached hydrogen (secondary N) is 1. The van der Waals surface area contributed by atoms with Crippen molar-refractivity contribution in [3.05, 3.63) is 29.8 Å². The zero-order valence-electron chi connectivity index (χ0n) is 11.2. The summed E-state index contributed by atoms with van der Waals surface area (Å²) in [5.41, 5.74) is 1.28. The highest BCUT2D eigenvalue weighted by molar-refractivity contribution is 5.66. The van der Waals surface area contributed by atoms with Crippen LogP contribution in [0.1, 0.15) is 31.2 Å². The number of quaternary nitrogens is 1. The lowest BCUT2D eigenvalue weighted by Gasteiger charge is -2.17. The third-order valence-corrected chi connectivity index (χ3v) is 3.54. The van der Waals surface area contributed by atoms with Crippen LogP contribution in [0.4, 0.5) is 0 Å². The lowest BCUT2D eigenvalue weighted by atomic mass is 10.2. The van der Waals surface area contributed by atoms with Crippen LogP contribution in [0, 0.1) is 0 Å². The van der Waals surface area contributed by atoms with Crippen LogP contribution in [-0.4, -0.2) is 25.7 Å². The normalized spacial score (nSPS) is 16.8. The molecule has 1 aromatic rings. The van der Waals surface area contributed by atoms with Gasteiger partial charge in [-0.25, -0.2) is 0 Å². The Labute approximate surface area is 114 Å². The van der Waals surface area contributed by atoms with E-state index in [1.54, 1.807) is 4.90 Å². The van der Waals surface area contributed by atoms with Crippen LogP contribution >= 0.6 is 0 Å². The van der Waals surface area contributed by atoms with E-state index in [0.717, 1.165) is 6.54 Å². The van der Waals surface area contributed by atoms with E-state index >= 15 is 0 Å². The Morgan fingerprint density at radius 3 is 2.32 bits per heavy atom. The summed E-state index contributed by atoms with van der Waals surface area (Å²) in [6.07, 6.45) is 5.36. The van der Waals surface area contributed by atoms with Gasteiger partial charge in [-0.3, -0.25) is 0 Å². The Kier molecular flexibility index (Phi) is 5.21. The van der Waals surface area contributed by atoms with Crippen LogP contribution in [0.25, 0.3) is 0 Å². The van der Waals surface area contributed by atoms with Gasteiger partial charge in [-0.2, -0.15) is 0 Å². The smallest absolute Gasteiger partial charge is 0.128 e. The molecular formula is C15H21NO3. The average molecular weight is 263 g/mol. The van der Waals surface area contributed by atoms with Crippen LogP contribution in [0.3, 0.4) is 0 Å². The molecule has 19 heavy (non-hydrogen) atoms. The zero-order valence-corrected chi connectivity index (χ0v) is 11.2. The van der Waals surface area contributed by atoms with Gasteiger partial charge in [0.25, 0.3) is 0 Å². The van der Waals surface area contributed by atoms with E-state index in [1.165, 1.54) is 44.3 Å². The molecule has 0 radical (unpaired) electrons. The van der Waals surface area contributed by atoms with Crippen LogP contribution in [-0.2, 0) is 11.3 Å². The van der Waals surface area contributed by atoms with Gasteiger partial charge in [-0.1, -0.05) is 0 Å². The molecular weight excluding hydrogens is 242 g/mol. The second kappa shape index (κ2) is 7.14. The minimum Gasteiger partial charge on any atom is -0.546 e. The molecule has 1 fully saturated rings. The van der Waals surface area contributed by atoms with Crippen molar-refractivity contribution in [2.45, 2.75) is 32.2 Å². The molecule has 4 nitrogen and oxygen atoms in total. The second-order valence-corrected chi connectivity index (χ2v) is 5.15. The number of carbonyl (C=O) groups is 1. The molecule has 1 heterocycles. The second-order valence-electron chi connectivity index (χ2n) is 5.15. The highest BCUT2D eigenvalue weighted by Crippen LogP contribution is 2.11. The van der Waals surface area contributed by atoms with Gasteiger partial charge in [0.1, 0.15) is 18.9 Å². The molecule has 0 atom stereocenters. The summed E-state index contributed by atoms with van der Waals surface area (Å²) in [4.78, 5) is 11.9. The Bertz CT molecular complexity index is 394. The Morgan fingerprint density at radius 1 is 1.11 bits per heavy atom. The van der Waals surface area contributed by atoms with Gasteiger partial charge in [-0.05, 0) is 49.9 Å². The maximum absolute atomic E-state index is 10.3. The predicted molar refractivity (Wildman–Crippen MR) is 69.8 cm³/mol. The van der Waals surface area contributed by atoms with Gasteiger partial charge in [0.15, 0.2) is 0 Å². The van der Waals surface area contributed by atoms with Gasteiger partial charge in [-0.15, -0.1) is 0 Å². The van der Waals surface area contributed by atoms with Crippen LogP contribution in [0.2, 0.25) is 0 Å². The maximum atomic E-state index is 10.3. The van der Waals surface area contributed by atoms with Gasteiger partial charge in [0.2, 0.25) is 0 Å². The number of carboxylic acid groups (broad SMARTS) is 1. The van der Waals surface area contributed by atoms with E-state index in [9.17, 15) is 9.90 Å². The van der Waals surface area contributed by atoms with E-state index in [1.807, 2.05) is 24.3 Å². The van der Waals surface area contributed by atoms with Crippen LogP contribution < -0.4 is 14.7 Å². The summed E-state index contributed by atoms with van der Waals surface area (Å²) >= 11 is 0. The number of benzene rings is 1. The molecule has 1 aliphatic heterocycles. The van der Waals surface area contributed by atoms with Crippen molar-refractivity contribution in [3.63, 3.8) is 0 Å². The third-order valence-electron chi connectivity index (χ3n) is 3.54. The first-order valence-electron chi connectivity index (χ1n) is 6.99. The topological polar surface area (TPSA) is 53.8 Å². The fourth-order valence-electron chi connectivity index (χ4n) is 2.54. The van der Waals surface area contributed by atoms with E-state index < -0.39 is 12.6 Å². The predicted octanol–water partition coefficient (Wildman–Crippen LogP) is -0.226. The standard InChI is InChI=1S/C15H21NO3/c17-15(18)12-19-14-7-5-13(6-8-14)11-16-9-3-1-2-4-10-16/h5-8H,1-4,9-12H2,(H,17,18). The fraction of sp³-hybridized carbons (Fsp3) is 0.533. The summed E-state index contributed by atoms with van der Waals surface area (Å²) in [6, 6.07) is 7.69. The third kappa shape index (κ3) is 4.91. The molecule has 1 saturated heterocycles. The van der Waals surface area contributed by atoms with Crippen molar-refractivity contribution in [1.82, 2.24) is 0 Å². The van der Waals surface area contributed by atoms with Crippen molar-refractivity contribution in [1.29, 1.82) is 0 Å². The molecule has 0 spiro atoms. The summed E-state index contributed by atoms with van der Waals surface area (Å²) in [6.45, 7) is 3.16. The monoisotopic (exact) mass is 263 g/mol. The van der Waals surface area contributed by atoms with Gasteiger partial charge in [0, 0.05) is 5.56 Å². The molecule has 0 amide bonds. The Morgan fingerprint density at radius 2 is 1.74 bits per heavy atom. The number of carboxylic acids is 1. The molecule has 2 rings (SSSR count). The first kappa shape index (κ1) is 13.9. The van der Waals surface area contributed by atoms with Crippen molar-refractivity contribution < 1.29 is 19.5 Å². The molecule has 4 heteroatoms. The molecule has 0 aliphatic carbocycles. The van der Waals surface area contributed by atoms with Crippen molar-refractivity contribution in [3.8, 4) is 5.75 Å². The summed E-state index contributed by atoms with van der Waals surface area (Å²) in [5, 5.41) is 10.3. The van der Waals surface area contributed by atoms with E-state index in [0.29, 0.717) is 5.75 Å². The molecule has 0 saturated carbocycles. The molecule has 1 aliphatic rings. The van der Waals surface area contributed by atoms with E-state index in [2.05, 4.69) is 0 Å². The van der Waals surface area contributed by atoms with E-state index in [-0.39, 0.29) is 0 Å². The fourth-order valence-corrected chi connectivity index (χ4v) is 2.54. The Hall–Kier alpha value is -1.55. The number of ether oxygens (including phenoxy) is 1. The molecule has 1 N–H and O–H groups in total. The highest BCUT2D eigenvalue weighted by Gasteiger charge is 2.12. The molecule has 1 aromatic carbocycles. The highest BCUT2D eigenvalue weighted by atomic mass is 16.5. The van der Waals surface area contributed by atoms with Crippen LogP contribution in [0.5, 0.6) is 5.75 Å². The largest absolute Gasteiger partial charge is 0.546 e. The van der Waals surface area contributed by atoms with Gasteiger partial charge in [0.05, 0.1) is 19.1 Å². The lowest BCUT2D eigenvalue weighted by Crippen LogP contribution is -3.10. The number of aliphatic carboxylic acids is 1. The molecule has 0 unspecified atom stereocenters. The zero-order chi connectivity index (χ0) is 13.5. The number of rotatable bonds is 5. The first-order chi connectivity index (χ1) is 9.24. The van der Waals surface area contributed by atoms with Crippen molar-refractivity contribution >= 4 is 5.97 Å². The average Bonchev–Trinajstić information content (AvgIpc) is 2.66. The molecule has 0 aromatic heterocycles. The Balaban J connectivity index is 1.85. The van der Waals surface area contributed by atoms with Gasteiger partial charge >= 0.3 is 0 Å². The van der Waals surface area contributed by atoms with Crippen molar-refractivity contribution in [2.24, 2.45) is 0 Å². The number of hydrogen-bond donors (Lipinski definition) is 1. The first-order valence-corrected chi connectivity index (χ1v) is 6.99. The minimum absolute atomic E-state index is 0.392. The van der Waals surface area contributed by atoms with Gasteiger partial charge < -0.3 is 19.5 Å². The van der Waals surface area contributed by atoms with E-state index in [4.69, 9.17) is 4.74 Å². The number of hydrogen-bond acceptors (Lipinski definition) is 3. The number of likely N-dealkylation sites (tertiary alicyclic amines) is 1. The number of carbonyl (C=O) groups excluding carboxylic acids is 1. The lowest BCUT2D eigenvalue weighted by molar-refractivity contribution is -0.913. The summed E-state index contributed by atoms with van der Waals surface area (Å²) in [7, 11) is 0.